The lowest BCUT2D eigenvalue weighted by Crippen LogP contribution is -2.30. The number of halogens is 2. The van der Waals surface area contributed by atoms with Crippen LogP contribution in [0.1, 0.15) is 16.1 Å². The number of para-hydroxylation sites is 1. The fraction of sp³-hybridized carbons (Fsp3) is 0.105. The molecule has 128 valence electrons. The number of nitrogens with zero attached hydrogens (tertiary/aromatic N) is 1. The van der Waals surface area contributed by atoms with Gasteiger partial charge in [-0.15, -0.1) is 0 Å². The number of anilines is 1. The second-order valence-electron chi connectivity index (χ2n) is 5.21. The molecule has 0 saturated heterocycles. The van der Waals surface area contributed by atoms with Crippen LogP contribution in [0.2, 0.25) is 0 Å². The fourth-order valence-corrected chi connectivity index (χ4v) is 2.41. The van der Waals surface area contributed by atoms with Gasteiger partial charge in [0.25, 0.3) is 5.91 Å². The predicted octanol–water partition coefficient (Wildman–Crippen LogP) is 4.73. The van der Waals surface area contributed by atoms with Gasteiger partial charge in [0.1, 0.15) is 11.5 Å². The topological polar surface area (TPSA) is 42.7 Å². The van der Waals surface area contributed by atoms with E-state index in [1.165, 1.54) is 29.4 Å². The van der Waals surface area contributed by atoms with E-state index in [-0.39, 0.29) is 23.8 Å². The van der Waals surface area contributed by atoms with Crippen LogP contribution in [0, 0.1) is 0 Å². The van der Waals surface area contributed by atoms with E-state index in [4.69, 9.17) is 4.42 Å². The summed E-state index contributed by atoms with van der Waals surface area (Å²) in [5.41, 5.74) is 0.914. The first-order chi connectivity index (χ1) is 12.1. The van der Waals surface area contributed by atoms with E-state index in [0.29, 0.717) is 11.4 Å². The SMILES string of the molecule is O=C(c1cccc(OC(F)F)c1)N(Cc1ccco1)c1ccccc1. The molecule has 0 spiro atoms. The van der Waals surface area contributed by atoms with E-state index in [2.05, 4.69) is 4.74 Å². The van der Waals surface area contributed by atoms with Crippen molar-refractivity contribution in [1.29, 1.82) is 0 Å². The quantitative estimate of drug-likeness (QED) is 0.650. The van der Waals surface area contributed by atoms with Crippen LogP contribution in [0.4, 0.5) is 14.5 Å². The maximum Gasteiger partial charge on any atom is 0.387 e. The zero-order valence-corrected chi connectivity index (χ0v) is 13.1. The Morgan fingerprint density at radius 3 is 2.52 bits per heavy atom. The Hall–Kier alpha value is -3.15. The van der Waals surface area contributed by atoms with Crippen molar-refractivity contribution in [2.24, 2.45) is 0 Å². The minimum Gasteiger partial charge on any atom is -0.467 e. The highest BCUT2D eigenvalue weighted by Crippen LogP contribution is 2.23. The van der Waals surface area contributed by atoms with E-state index in [0.717, 1.165) is 0 Å². The molecule has 0 bridgehead atoms. The second kappa shape index (κ2) is 7.61. The van der Waals surface area contributed by atoms with Crippen molar-refractivity contribution in [2.45, 2.75) is 13.2 Å². The predicted molar refractivity (Wildman–Crippen MR) is 88.7 cm³/mol. The van der Waals surface area contributed by atoms with E-state index in [1.807, 2.05) is 18.2 Å². The molecule has 0 aliphatic carbocycles. The Labute approximate surface area is 143 Å². The second-order valence-corrected chi connectivity index (χ2v) is 5.21. The van der Waals surface area contributed by atoms with Crippen molar-refractivity contribution >= 4 is 11.6 Å². The number of amides is 1. The highest BCUT2D eigenvalue weighted by Gasteiger charge is 2.20. The van der Waals surface area contributed by atoms with Crippen LogP contribution in [-0.2, 0) is 6.54 Å². The molecule has 2 aromatic carbocycles. The molecule has 1 heterocycles. The number of ether oxygens (including phenoxy) is 1. The number of alkyl halides is 2. The average Bonchev–Trinajstić information content (AvgIpc) is 3.13. The number of hydrogen-bond donors (Lipinski definition) is 0. The highest BCUT2D eigenvalue weighted by molar-refractivity contribution is 6.06. The molecule has 6 heteroatoms. The van der Waals surface area contributed by atoms with Gasteiger partial charge in [0.05, 0.1) is 12.8 Å². The van der Waals surface area contributed by atoms with Crippen molar-refractivity contribution in [3.05, 3.63) is 84.3 Å². The van der Waals surface area contributed by atoms with Crippen molar-refractivity contribution in [2.75, 3.05) is 4.90 Å². The van der Waals surface area contributed by atoms with Gasteiger partial charge < -0.3 is 14.1 Å². The van der Waals surface area contributed by atoms with Gasteiger partial charge in [-0.1, -0.05) is 24.3 Å². The van der Waals surface area contributed by atoms with Gasteiger partial charge in [0, 0.05) is 11.3 Å². The summed E-state index contributed by atoms with van der Waals surface area (Å²) < 4.78 is 34.5. The summed E-state index contributed by atoms with van der Waals surface area (Å²) >= 11 is 0. The summed E-state index contributed by atoms with van der Waals surface area (Å²) in [5, 5.41) is 0. The zero-order chi connectivity index (χ0) is 17.6. The molecule has 0 unspecified atom stereocenters. The summed E-state index contributed by atoms with van der Waals surface area (Å²) in [6, 6.07) is 18.3. The number of hydrogen-bond acceptors (Lipinski definition) is 3. The van der Waals surface area contributed by atoms with Crippen LogP contribution in [-0.4, -0.2) is 12.5 Å². The van der Waals surface area contributed by atoms with Gasteiger partial charge in [0.2, 0.25) is 0 Å². The monoisotopic (exact) mass is 343 g/mol. The molecular weight excluding hydrogens is 328 g/mol. The molecule has 0 fully saturated rings. The van der Waals surface area contributed by atoms with Gasteiger partial charge in [-0.3, -0.25) is 4.79 Å². The molecule has 0 atom stereocenters. The number of rotatable bonds is 6. The van der Waals surface area contributed by atoms with Crippen molar-refractivity contribution in [3.8, 4) is 5.75 Å². The summed E-state index contributed by atoms with van der Waals surface area (Å²) in [5.74, 6) is 0.200. The molecular formula is C19H15F2NO3. The van der Waals surface area contributed by atoms with E-state index in [9.17, 15) is 13.6 Å². The van der Waals surface area contributed by atoms with Crippen molar-refractivity contribution in [1.82, 2.24) is 0 Å². The molecule has 0 N–H and O–H groups in total. The molecule has 0 aliphatic heterocycles. The molecule has 3 aromatic rings. The fourth-order valence-electron chi connectivity index (χ4n) is 2.41. The van der Waals surface area contributed by atoms with Gasteiger partial charge in [-0.25, -0.2) is 0 Å². The van der Waals surface area contributed by atoms with Gasteiger partial charge >= 0.3 is 6.61 Å². The first kappa shape index (κ1) is 16.7. The maximum absolute atomic E-state index is 13.0. The maximum atomic E-state index is 13.0. The molecule has 1 aromatic heterocycles. The molecule has 0 aliphatic rings. The number of carbonyl (C=O) groups is 1. The van der Waals surface area contributed by atoms with E-state index >= 15 is 0 Å². The summed E-state index contributed by atoms with van der Waals surface area (Å²) in [4.78, 5) is 14.5. The Morgan fingerprint density at radius 2 is 1.84 bits per heavy atom. The Morgan fingerprint density at radius 1 is 1.04 bits per heavy atom. The van der Waals surface area contributed by atoms with Gasteiger partial charge in [-0.05, 0) is 42.5 Å². The average molecular weight is 343 g/mol. The van der Waals surface area contributed by atoms with Gasteiger partial charge in [0.15, 0.2) is 0 Å². The summed E-state index contributed by atoms with van der Waals surface area (Å²) in [6.45, 7) is -2.73. The standard InChI is InChI=1S/C19H15F2NO3/c20-19(21)25-16-9-4-6-14(12-16)18(23)22(13-17-10-5-11-24-17)15-7-2-1-3-8-15/h1-12,19H,13H2. The molecule has 25 heavy (non-hydrogen) atoms. The number of benzene rings is 2. The highest BCUT2D eigenvalue weighted by atomic mass is 19.3. The molecule has 3 rings (SSSR count). The molecule has 1 amide bonds. The third kappa shape index (κ3) is 4.23. The molecule has 0 radical (unpaired) electrons. The third-order valence-electron chi connectivity index (χ3n) is 3.51. The third-order valence-corrected chi connectivity index (χ3v) is 3.51. The van der Waals surface area contributed by atoms with Crippen LogP contribution in [0.25, 0.3) is 0 Å². The van der Waals surface area contributed by atoms with Crippen molar-refractivity contribution in [3.63, 3.8) is 0 Å². The zero-order valence-electron chi connectivity index (χ0n) is 13.1. The van der Waals surface area contributed by atoms with Gasteiger partial charge in [-0.2, -0.15) is 8.78 Å². The lowest BCUT2D eigenvalue weighted by atomic mass is 10.1. The minimum atomic E-state index is -2.95. The Bertz CT molecular complexity index is 820. The van der Waals surface area contributed by atoms with Crippen molar-refractivity contribution < 1.29 is 22.7 Å². The Kier molecular flexibility index (Phi) is 5.09. The minimum absolute atomic E-state index is 0.0631. The normalized spacial score (nSPS) is 10.7. The number of furan rings is 1. The summed E-state index contributed by atoms with van der Waals surface area (Å²) in [6.07, 6.45) is 1.53. The van der Waals surface area contributed by atoms with E-state index < -0.39 is 6.61 Å². The number of carbonyl (C=O) groups excluding carboxylic acids is 1. The molecule has 0 saturated carbocycles. The lowest BCUT2D eigenvalue weighted by molar-refractivity contribution is -0.0498. The van der Waals surface area contributed by atoms with E-state index in [1.54, 1.807) is 30.3 Å². The Balaban J connectivity index is 1.91. The smallest absolute Gasteiger partial charge is 0.387 e. The van der Waals surface area contributed by atoms with Crippen LogP contribution >= 0.6 is 0 Å². The van der Waals surface area contributed by atoms with Crippen LogP contribution < -0.4 is 9.64 Å². The largest absolute Gasteiger partial charge is 0.467 e. The first-order valence-corrected chi connectivity index (χ1v) is 7.57. The van der Waals surface area contributed by atoms with Crippen LogP contribution in [0.3, 0.4) is 0 Å². The van der Waals surface area contributed by atoms with Crippen LogP contribution in [0.15, 0.2) is 77.4 Å². The lowest BCUT2D eigenvalue weighted by Gasteiger charge is -2.22. The van der Waals surface area contributed by atoms with Crippen LogP contribution in [0.5, 0.6) is 5.75 Å². The summed E-state index contributed by atoms with van der Waals surface area (Å²) in [7, 11) is 0. The first-order valence-electron chi connectivity index (χ1n) is 7.57. The molecule has 4 nitrogen and oxygen atoms in total.